The van der Waals surface area contributed by atoms with Gasteiger partial charge in [0, 0.05) is 31.6 Å². The van der Waals surface area contributed by atoms with Gasteiger partial charge in [-0.1, -0.05) is 36.2 Å². The van der Waals surface area contributed by atoms with Gasteiger partial charge in [0.15, 0.2) is 5.78 Å². The molecular weight excluding hydrogens is 234 g/mol. The Bertz CT molecular complexity index is 439. The molecule has 0 aromatic heterocycles. The van der Waals surface area contributed by atoms with Crippen LogP contribution < -0.4 is 0 Å². The number of Topliss-reactive ketones (excluding diaryl/α,β-unsaturated/α-hetero) is 1. The molecule has 19 heavy (non-hydrogen) atoms. The van der Waals surface area contributed by atoms with Crippen molar-refractivity contribution in [2.75, 3.05) is 19.6 Å². The molecule has 2 nitrogen and oxygen atoms in total. The highest BCUT2D eigenvalue weighted by molar-refractivity contribution is 5.96. The molecule has 1 aromatic carbocycles. The number of likely N-dealkylation sites (tertiary alicyclic amines) is 1. The highest BCUT2D eigenvalue weighted by atomic mass is 16.1. The maximum absolute atomic E-state index is 12.1. The van der Waals surface area contributed by atoms with Crippen molar-refractivity contribution in [1.29, 1.82) is 0 Å². The summed E-state index contributed by atoms with van der Waals surface area (Å²) in [5, 5.41) is 0. The van der Waals surface area contributed by atoms with Gasteiger partial charge in [0.05, 0.1) is 0 Å². The number of benzene rings is 1. The second kappa shape index (κ2) is 5.46. The van der Waals surface area contributed by atoms with E-state index in [2.05, 4.69) is 11.8 Å². The fraction of sp³-hybridized carbons (Fsp3) is 0.588. The minimum Gasteiger partial charge on any atom is -0.302 e. The Kier molecular flexibility index (Phi) is 3.69. The van der Waals surface area contributed by atoms with Crippen LogP contribution in [0.3, 0.4) is 0 Å². The van der Waals surface area contributed by atoms with Crippen LogP contribution >= 0.6 is 0 Å². The quantitative estimate of drug-likeness (QED) is 0.771. The lowest BCUT2D eigenvalue weighted by Crippen LogP contribution is -2.24. The molecule has 1 aromatic rings. The highest BCUT2D eigenvalue weighted by Crippen LogP contribution is 2.37. The molecule has 0 amide bonds. The van der Waals surface area contributed by atoms with Gasteiger partial charge in [-0.25, -0.2) is 0 Å². The summed E-state index contributed by atoms with van der Waals surface area (Å²) in [5.74, 6) is 2.14. The van der Waals surface area contributed by atoms with Crippen LogP contribution in [0.1, 0.15) is 41.6 Å². The van der Waals surface area contributed by atoms with E-state index < -0.39 is 0 Å². The molecule has 0 radical (unpaired) electrons. The number of aryl methyl sites for hydroxylation is 1. The van der Waals surface area contributed by atoms with Crippen molar-refractivity contribution in [2.45, 2.75) is 32.6 Å². The van der Waals surface area contributed by atoms with Crippen molar-refractivity contribution in [3.8, 4) is 0 Å². The van der Waals surface area contributed by atoms with E-state index >= 15 is 0 Å². The molecule has 2 fully saturated rings. The molecule has 1 saturated heterocycles. The van der Waals surface area contributed by atoms with Gasteiger partial charge in [0.1, 0.15) is 0 Å². The van der Waals surface area contributed by atoms with Gasteiger partial charge in [0.2, 0.25) is 0 Å². The van der Waals surface area contributed by atoms with Gasteiger partial charge in [-0.15, -0.1) is 0 Å². The number of carbonyl (C=O) groups excluding carboxylic acids is 1. The largest absolute Gasteiger partial charge is 0.302 e. The summed E-state index contributed by atoms with van der Waals surface area (Å²) in [6.45, 7) is 5.45. The van der Waals surface area contributed by atoms with Crippen molar-refractivity contribution in [3.05, 3.63) is 35.4 Å². The molecule has 0 bridgehead atoms. The summed E-state index contributed by atoms with van der Waals surface area (Å²) >= 11 is 0. The second-order valence-corrected chi connectivity index (χ2v) is 6.25. The van der Waals surface area contributed by atoms with E-state index in [1.807, 2.05) is 24.3 Å². The summed E-state index contributed by atoms with van der Waals surface area (Å²) in [7, 11) is 0. The van der Waals surface area contributed by atoms with Crippen LogP contribution in [0.25, 0.3) is 0 Å². The van der Waals surface area contributed by atoms with Crippen LogP contribution in [0.15, 0.2) is 24.3 Å². The van der Waals surface area contributed by atoms with E-state index in [1.165, 1.54) is 37.9 Å². The average molecular weight is 257 g/mol. The molecule has 2 unspecified atom stereocenters. The monoisotopic (exact) mass is 257 g/mol. The molecule has 0 N–H and O–H groups in total. The molecule has 102 valence electrons. The Morgan fingerprint density at radius 1 is 1.16 bits per heavy atom. The molecular formula is C17H23NO. The first-order valence-corrected chi connectivity index (χ1v) is 7.54. The number of nitrogens with zero attached hydrogens (tertiary/aromatic N) is 1. The lowest BCUT2D eigenvalue weighted by Gasteiger charge is -2.15. The zero-order chi connectivity index (χ0) is 13.2. The van der Waals surface area contributed by atoms with Crippen LogP contribution in [-0.4, -0.2) is 30.3 Å². The van der Waals surface area contributed by atoms with Crippen LogP contribution in [0.5, 0.6) is 0 Å². The molecule has 3 rings (SSSR count). The van der Waals surface area contributed by atoms with Crippen molar-refractivity contribution in [3.63, 3.8) is 0 Å². The fourth-order valence-corrected chi connectivity index (χ4v) is 3.66. The highest BCUT2D eigenvalue weighted by Gasteiger charge is 2.35. The number of carbonyl (C=O) groups is 1. The van der Waals surface area contributed by atoms with Gasteiger partial charge >= 0.3 is 0 Å². The SMILES string of the molecule is Cc1ccc(C(=O)CCN2CC3CCCC3C2)cc1. The number of hydrogen-bond acceptors (Lipinski definition) is 2. The van der Waals surface area contributed by atoms with Gasteiger partial charge < -0.3 is 4.90 Å². The van der Waals surface area contributed by atoms with Crippen LogP contribution in [-0.2, 0) is 0 Å². The minimum absolute atomic E-state index is 0.289. The van der Waals surface area contributed by atoms with E-state index in [0.29, 0.717) is 6.42 Å². The van der Waals surface area contributed by atoms with Crippen LogP contribution in [0.4, 0.5) is 0 Å². The number of fused-ring (bicyclic) bond motifs is 1. The normalized spacial score (nSPS) is 26.6. The average Bonchev–Trinajstić information content (AvgIpc) is 2.97. The Balaban J connectivity index is 1.50. The van der Waals surface area contributed by atoms with Gasteiger partial charge in [-0.2, -0.15) is 0 Å². The molecule has 1 saturated carbocycles. The summed E-state index contributed by atoms with van der Waals surface area (Å²) in [6.07, 6.45) is 4.91. The second-order valence-electron chi connectivity index (χ2n) is 6.25. The molecule has 0 spiro atoms. The summed E-state index contributed by atoms with van der Waals surface area (Å²) < 4.78 is 0. The summed E-state index contributed by atoms with van der Waals surface area (Å²) in [6, 6.07) is 7.95. The van der Waals surface area contributed by atoms with Crippen molar-refractivity contribution in [2.24, 2.45) is 11.8 Å². The van der Waals surface area contributed by atoms with Crippen LogP contribution in [0.2, 0.25) is 0 Å². The van der Waals surface area contributed by atoms with Crippen molar-refractivity contribution >= 4 is 5.78 Å². The fourth-order valence-electron chi connectivity index (χ4n) is 3.66. The lowest BCUT2D eigenvalue weighted by molar-refractivity contribution is 0.0967. The van der Waals surface area contributed by atoms with Crippen molar-refractivity contribution < 1.29 is 4.79 Å². The standard InChI is InChI=1S/C17H23NO/c1-13-5-7-14(8-6-13)17(19)9-10-18-11-15-3-2-4-16(15)12-18/h5-8,15-16H,2-4,9-12H2,1H3. The molecule has 1 aliphatic carbocycles. The predicted molar refractivity (Wildman–Crippen MR) is 77.4 cm³/mol. The Labute approximate surface area is 115 Å². The smallest absolute Gasteiger partial charge is 0.164 e. The Morgan fingerprint density at radius 3 is 2.42 bits per heavy atom. The number of rotatable bonds is 4. The zero-order valence-corrected chi connectivity index (χ0v) is 11.8. The zero-order valence-electron chi connectivity index (χ0n) is 11.8. The van der Waals surface area contributed by atoms with E-state index in [0.717, 1.165) is 23.9 Å². The molecule has 2 atom stereocenters. The number of ketones is 1. The maximum atomic E-state index is 12.1. The summed E-state index contributed by atoms with van der Waals surface area (Å²) in [4.78, 5) is 14.6. The van der Waals surface area contributed by atoms with Crippen LogP contribution in [0, 0.1) is 18.8 Å². The minimum atomic E-state index is 0.289. The first kappa shape index (κ1) is 12.9. The first-order valence-electron chi connectivity index (χ1n) is 7.54. The summed E-state index contributed by atoms with van der Waals surface area (Å²) in [5.41, 5.74) is 2.08. The maximum Gasteiger partial charge on any atom is 0.164 e. The first-order chi connectivity index (χ1) is 9.22. The third kappa shape index (κ3) is 2.89. The topological polar surface area (TPSA) is 20.3 Å². The molecule has 1 aliphatic heterocycles. The van der Waals surface area contributed by atoms with E-state index in [4.69, 9.17) is 0 Å². The third-order valence-corrected chi connectivity index (χ3v) is 4.83. The lowest BCUT2D eigenvalue weighted by atomic mass is 10.0. The van der Waals surface area contributed by atoms with E-state index in [-0.39, 0.29) is 5.78 Å². The third-order valence-electron chi connectivity index (χ3n) is 4.83. The van der Waals surface area contributed by atoms with Gasteiger partial charge in [-0.3, -0.25) is 4.79 Å². The van der Waals surface area contributed by atoms with E-state index in [1.54, 1.807) is 0 Å². The molecule has 1 heterocycles. The van der Waals surface area contributed by atoms with Gasteiger partial charge in [0.25, 0.3) is 0 Å². The Morgan fingerprint density at radius 2 is 1.79 bits per heavy atom. The Hall–Kier alpha value is -1.15. The molecule has 2 heteroatoms. The van der Waals surface area contributed by atoms with Gasteiger partial charge in [-0.05, 0) is 31.6 Å². The molecule has 2 aliphatic rings. The number of hydrogen-bond donors (Lipinski definition) is 0. The van der Waals surface area contributed by atoms with E-state index in [9.17, 15) is 4.79 Å². The predicted octanol–water partition coefficient (Wildman–Crippen LogP) is 3.30. The van der Waals surface area contributed by atoms with Crippen molar-refractivity contribution in [1.82, 2.24) is 4.90 Å².